The molecule has 0 atom stereocenters. The third kappa shape index (κ3) is 15.0. The summed E-state index contributed by atoms with van der Waals surface area (Å²) < 4.78 is 8.87. The van der Waals surface area contributed by atoms with Crippen molar-refractivity contribution in [1.29, 1.82) is 0 Å². The van der Waals surface area contributed by atoms with E-state index in [1.165, 1.54) is 10.3 Å². The molecule has 4 aromatic carbocycles. The molecular weight excluding hydrogens is 867 g/mol. The Morgan fingerprint density at radius 1 is 0.606 bits per heavy atom. The second kappa shape index (κ2) is 27.0. The van der Waals surface area contributed by atoms with Gasteiger partial charge in [0.1, 0.15) is 16.7 Å². The van der Waals surface area contributed by atoms with Crippen LogP contribution in [-0.4, -0.2) is 66.9 Å². The van der Waals surface area contributed by atoms with Gasteiger partial charge in [-0.1, -0.05) is 78.0 Å². The molecule has 19 heteroatoms. The molecule has 6 aromatic heterocycles. The predicted molar refractivity (Wildman–Crippen MR) is 269 cm³/mol. The monoisotopic (exact) mass is 927 g/mol. The van der Waals surface area contributed by atoms with Crippen molar-refractivity contribution < 1.29 is 0 Å². The van der Waals surface area contributed by atoms with Crippen LogP contribution in [0, 0.1) is 0 Å². The molecule has 0 radical (unpaired) electrons. The van der Waals surface area contributed by atoms with Crippen molar-refractivity contribution >= 4 is 54.8 Å². The van der Waals surface area contributed by atoms with Gasteiger partial charge in [0.2, 0.25) is 0 Å². The summed E-state index contributed by atoms with van der Waals surface area (Å²) in [6.45, 7) is 4.09. The van der Waals surface area contributed by atoms with Crippen molar-refractivity contribution in [3.05, 3.63) is 172 Å². The number of nitrogens with two attached hydrogens (primary N) is 6. The average molecular weight is 928 g/mol. The fraction of sp³-hybridized carbons (Fsp3) is 0.255. The van der Waals surface area contributed by atoms with E-state index in [0.29, 0.717) is 39.3 Å². The quantitative estimate of drug-likeness (QED) is 0.104. The number of fused-ring (bicyclic) bond motifs is 3. The predicted octanol–water partition coefficient (Wildman–Crippen LogP) is 5.17. The van der Waals surface area contributed by atoms with Gasteiger partial charge in [0.25, 0.3) is 0 Å². The molecule has 0 aliphatic rings. The number of hydrogen-bond acceptors (Lipinski definition) is 15. The lowest BCUT2D eigenvalue weighted by Crippen LogP contribution is -2.07. The Morgan fingerprint density at radius 2 is 1.30 bits per heavy atom. The summed E-state index contributed by atoms with van der Waals surface area (Å²) in [4.78, 5) is 16.8. The number of imidazole rings is 2. The Hall–Kier alpha value is -6.55. The molecule has 0 saturated carbocycles. The maximum absolute atomic E-state index is 5.55. The molecule has 17 nitrogen and oxygen atoms in total. The van der Waals surface area contributed by atoms with E-state index >= 15 is 0 Å². The van der Waals surface area contributed by atoms with E-state index in [2.05, 4.69) is 53.5 Å². The minimum atomic E-state index is 0.439. The largest absolute Gasteiger partial charge is 0.338 e. The van der Waals surface area contributed by atoms with Crippen LogP contribution < -0.4 is 34.4 Å². The van der Waals surface area contributed by atoms with Crippen LogP contribution in [0.1, 0.15) is 38.6 Å². The summed E-state index contributed by atoms with van der Waals surface area (Å²) in [5.74, 6) is 1.98. The van der Waals surface area contributed by atoms with Crippen molar-refractivity contribution in [3.8, 4) is 0 Å². The molecule has 6 heterocycles. The highest BCUT2D eigenvalue weighted by atomic mass is 32.1. The fourth-order valence-corrected chi connectivity index (χ4v) is 7.85. The van der Waals surface area contributed by atoms with E-state index in [1.54, 1.807) is 39.7 Å². The van der Waals surface area contributed by atoms with Gasteiger partial charge in [0.05, 0.1) is 62.4 Å². The van der Waals surface area contributed by atoms with E-state index in [-0.39, 0.29) is 0 Å². The first-order valence-electron chi connectivity index (χ1n) is 21.3. The Kier molecular flexibility index (Phi) is 20.7. The van der Waals surface area contributed by atoms with Gasteiger partial charge in [-0.15, -0.1) is 27.8 Å². The van der Waals surface area contributed by atoms with E-state index in [4.69, 9.17) is 34.4 Å². The lowest BCUT2D eigenvalue weighted by atomic mass is 10.2. The first-order valence-corrected chi connectivity index (χ1v) is 23.0. The van der Waals surface area contributed by atoms with Gasteiger partial charge < -0.3 is 43.5 Å². The van der Waals surface area contributed by atoms with Gasteiger partial charge in [-0.05, 0) is 49.0 Å². The molecule has 0 fully saturated rings. The van der Waals surface area contributed by atoms with Crippen LogP contribution in [0.25, 0.3) is 32.2 Å². The first kappa shape index (κ1) is 50.4. The Labute approximate surface area is 393 Å². The number of benzene rings is 4. The number of para-hydroxylation sites is 4. The summed E-state index contributed by atoms with van der Waals surface area (Å²) in [6.07, 6.45) is 9.15. The summed E-state index contributed by atoms with van der Waals surface area (Å²) >= 11 is 3.32. The minimum Gasteiger partial charge on any atom is -0.338 e. The molecule has 66 heavy (non-hydrogen) atoms. The van der Waals surface area contributed by atoms with Gasteiger partial charge in [0, 0.05) is 83.0 Å². The van der Waals surface area contributed by atoms with Crippen LogP contribution in [0.3, 0.4) is 0 Å². The molecular formula is C47H61N17S2. The molecule has 10 rings (SSSR count). The summed E-state index contributed by atoms with van der Waals surface area (Å²) in [6, 6.07) is 34.3. The van der Waals surface area contributed by atoms with Crippen LogP contribution in [0.2, 0.25) is 0 Å². The zero-order valence-electron chi connectivity index (χ0n) is 37.8. The van der Waals surface area contributed by atoms with Crippen molar-refractivity contribution in [3.63, 3.8) is 0 Å². The third-order valence-corrected chi connectivity index (χ3v) is 11.6. The molecule has 0 spiro atoms. The second-order valence-electron chi connectivity index (χ2n) is 14.4. The lowest BCUT2D eigenvalue weighted by Gasteiger charge is -1.98. The normalized spacial score (nSPS) is 10.4. The highest BCUT2D eigenvalue weighted by Crippen LogP contribution is 2.21. The maximum Gasteiger partial charge on any atom is 0.123 e. The van der Waals surface area contributed by atoms with Gasteiger partial charge in [0.15, 0.2) is 0 Å². The molecule has 346 valence electrons. The zero-order valence-corrected chi connectivity index (χ0v) is 39.4. The number of aryl methyl sites for hydroxylation is 3. The Balaban J connectivity index is 0.000000150. The fourth-order valence-electron chi connectivity index (χ4n) is 6.37. The first-order chi connectivity index (χ1) is 32.2. The van der Waals surface area contributed by atoms with E-state index < -0.39 is 0 Å². The topological polar surface area (TPSA) is 266 Å². The van der Waals surface area contributed by atoms with Gasteiger partial charge in [-0.2, -0.15) is 5.10 Å². The molecule has 0 saturated heterocycles. The standard InChI is InChI=1S/C10H12N4.2C9H11N3.C8H8N2S.C6H11N3.C5H8N2S/c11-6-10-8-14(13-12-10)7-9-4-2-1-3-5-9;1-12-9-5-3-2-4-7(9)8(6-10)11-12;1-12-8-5-3-2-4-7(8)11-9(12)6-10;9-5-8-10-6-3-1-2-4-7(6)11-8;1-9-5-4-8-6(9)2-3-7;6-2-1-5-7-3-4-8-5/h1-5,8H,6-7,11H2;2*2-5H,6,10H2,1H3;1-4H,5,9H2;4-5H,2-3,7H2,1H3;3-4H,1-2,6H2. The van der Waals surface area contributed by atoms with Crippen molar-refractivity contribution in [1.82, 2.24) is 53.8 Å². The molecule has 0 unspecified atom stereocenters. The smallest absolute Gasteiger partial charge is 0.123 e. The van der Waals surface area contributed by atoms with Crippen LogP contribution in [-0.2, 0) is 66.7 Å². The van der Waals surface area contributed by atoms with Crippen molar-refractivity contribution in [2.24, 2.45) is 55.5 Å². The summed E-state index contributed by atoms with van der Waals surface area (Å²) in [5.41, 5.74) is 39.9. The Morgan fingerprint density at radius 3 is 1.91 bits per heavy atom. The van der Waals surface area contributed by atoms with E-state index in [9.17, 15) is 0 Å². The number of thiazole rings is 2. The lowest BCUT2D eigenvalue weighted by molar-refractivity contribution is 0.649. The third-order valence-electron chi connectivity index (χ3n) is 9.72. The zero-order chi connectivity index (χ0) is 47.1. The number of rotatable bonds is 10. The molecule has 0 bridgehead atoms. The molecule has 0 aliphatic carbocycles. The molecule has 12 N–H and O–H groups in total. The van der Waals surface area contributed by atoms with E-state index in [0.717, 1.165) is 79.9 Å². The highest BCUT2D eigenvalue weighted by molar-refractivity contribution is 7.18. The van der Waals surface area contributed by atoms with Crippen LogP contribution in [0.15, 0.2) is 133 Å². The second-order valence-corrected chi connectivity index (χ2v) is 16.5. The van der Waals surface area contributed by atoms with E-state index in [1.807, 2.05) is 138 Å². The molecule has 0 aliphatic heterocycles. The van der Waals surface area contributed by atoms with Gasteiger partial charge >= 0.3 is 0 Å². The maximum atomic E-state index is 5.55. The van der Waals surface area contributed by atoms with Gasteiger partial charge in [-0.25, -0.2) is 24.6 Å². The molecule has 0 amide bonds. The molecule has 10 aromatic rings. The Bertz CT molecular complexity index is 2840. The number of nitrogens with zero attached hydrogens (tertiary/aromatic N) is 11. The van der Waals surface area contributed by atoms with Crippen molar-refractivity contribution in [2.75, 3.05) is 13.1 Å². The average Bonchev–Trinajstić information content (AvgIpc) is 4.24. The number of aromatic nitrogens is 11. The van der Waals surface area contributed by atoms with Crippen molar-refractivity contribution in [2.45, 2.75) is 45.6 Å². The van der Waals surface area contributed by atoms with Gasteiger partial charge in [-0.3, -0.25) is 4.68 Å². The minimum absolute atomic E-state index is 0.439. The SMILES string of the molecule is Cn1c(CN)nc2ccccc21.Cn1ccnc1CCN.Cn1nc(CN)c2ccccc21.NCCc1nccs1.NCc1cn(Cc2ccccc2)nn1.NCc1nc2ccccc2s1. The summed E-state index contributed by atoms with van der Waals surface area (Å²) in [7, 11) is 5.89. The number of hydrogen-bond donors (Lipinski definition) is 6. The van der Waals surface area contributed by atoms with Crippen LogP contribution >= 0.6 is 22.7 Å². The van der Waals surface area contributed by atoms with Crippen LogP contribution in [0.5, 0.6) is 0 Å². The highest BCUT2D eigenvalue weighted by Gasteiger charge is 2.05. The van der Waals surface area contributed by atoms with Crippen LogP contribution in [0.4, 0.5) is 0 Å². The summed E-state index contributed by atoms with van der Waals surface area (Å²) in [5, 5.41) is 17.4.